The first-order valence-corrected chi connectivity index (χ1v) is 7.10. The third-order valence-electron chi connectivity index (χ3n) is 3.78. The van der Waals surface area contributed by atoms with E-state index in [1.165, 1.54) is 30.4 Å². The van der Waals surface area contributed by atoms with Crippen LogP contribution in [0.2, 0.25) is 0 Å². The lowest BCUT2D eigenvalue weighted by molar-refractivity contribution is -0.117. The number of amides is 1. The summed E-state index contributed by atoms with van der Waals surface area (Å²) in [5, 5.41) is 0. The Bertz CT molecular complexity index is 467. The summed E-state index contributed by atoms with van der Waals surface area (Å²) >= 11 is 3.77. The molecule has 3 rings (SSSR count). The number of alkyl halides is 1. The second-order valence-corrected chi connectivity index (χ2v) is 6.27. The molecule has 1 heterocycles. The van der Waals surface area contributed by atoms with Gasteiger partial charge in [-0.05, 0) is 29.5 Å². The third-order valence-corrected chi connectivity index (χ3v) is 4.68. The maximum atomic E-state index is 11.6. The fraction of sp³-hybridized carbons (Fsp3) is 0.500. The lowest BCUT2D eigenvalue weighted by Crippen LogP contribution is -2.20. The smallest absolute Gasteiger partial charge is 0.231 e. The van der Waals surface area contributed by atoms with Crippen molar-refractivity contribution in [2.24, 2.45) is 5.92 Å². The molecule has 0 saturated heterocycles. The van der Waals surface area contributed by atoms with E-state index in [2.05, 4.69) is 34.1 Å². The molecule has 0 bridgehead atoms. The van der Waals surface area contributed by atoms with Crippen molar-refractivity contribution in [3.8, 4) is 0 Å². The fourth-order valence-electron chi connectivity index (χ4n) is 2.47. The van der Waals surface area contributed by atoms with Gasteiger partial charge in [0.15, 0.2) is 0 Å². The number of carbonyl (C=O) groups excluding carboxylic acids is 1. The number of hydrogen-bond donors (Lipinski definition) is 0. The van der Waals surface area contributed by atoms with Gasteiger partial charge in [0, 0.05) is 17.6 Å². The van der Waals surface area contributed by atoms with Crippen LogP contribution in [0.25, 0.3) is 0 Å². The molecule has 1 aliphatic carbocycles. The van der Waals surface area contributed by atoms with Crippen molar-refractivity contribution in [2.75, 3.05) is 11.9 Å². The number of hydrogen-bond acceptors (Lipinski definition) is 1. The Morgan fingerprint density at radius 2 is 2.24 bits per heavy atom. The standard InChI is InChI=1S/C14H16BrNO/c1-16-13-5-4-10(7-11(13)8-14(16)17)12(15)6-9-2-3-9/h4-5,7,9,12H,2-3,6,8H2,1H3. The van der Waals surface area contributed by atoms with Gasteiger partial charge >= 0.3 is 0 Å². The quantitative estimate of drug-likeness (QED) is 0.782. The lowest BCUT2D eigenvalue weighted by Gasteiger charge is -2.13. The average molecular weight is 294 g/mol. The minimum atomic E-state index is 0.200. The van der Waals surface area contributed by atoms with E-state index in [1.54, 1.807) is 4.90 Å². The summed E-state index contributed by atoms with van der Waals surface area (Å²) < 4.78 is 0. The van der Waals surface area contributed by atoms with Gasteiger partial charge < -0.3 is 4.90 Å². The molecule has 1 unspecified atom stereocenters. The second-order valence-electron chi connectivity index (χ2n) is 5.16. The lowest BCUT2D eigenvalue weighted by atomic mass is 10.0. The number of fused-ring (bicyclic) bond motifs is 1. The third kappa shape index (κ3) is 2.13. The zero-order valence-electron chi connectivity index (χ0n) is 9.95. The highest BCUT2D eigenvalue weighted by molar-refractivity contribution is 9.09. The van der Waals surface area contributed by atoms with Crippen molar-refractivity contribution in [1.82, 2.24) is 0 Å². The molecule has 0 spiro atoms. The predicted octanol–water partition coefficient (Wildman–Crippen LogP) is 3.44. The Morgan fingerprint density at radius 3 is 2.94 bits per heavy atom. The van der Waals surface area contributed by atoms with Crippen LogP contribution in [0.1, 0.15) is 35.2 Å². The summed E-state index contributed by atoms with van der Waals surface area (Å²) in [7, 11) is 1.85. The van der Waals surface area contributed by atoms with E-state index >= 15 is 0 Å². The molecule has 0 radical (unpaired) electrons. The molecule has 1 amide bonds. The summed E-state index contributed by atoms with van der Waals surface area (Å²) in [5.41, 5.74) is 3.57. The molecule has 2 aliphatic rings. The van der Waals surface area contributed by atoms with E-state index in [4.69, 9.17) is 0 Å². The summed E-state index contributed by atoms with van der Waals surface area (Å²) in [4.78, 5) is 13.8. The Morgan fingerprint density at radius 1 is 1.47 bits per heavy atom. The molecule has 17 heavy (non-hydrogen) atoms. The van der Waals surface area contributed by atoms with E-state index < -0.39 is 0 Å². The largest absolute Gasteiger partial charge is 0.315 e. The molecular formula is C14H16BrNO. The Balaban J connectivity index is 1.83. The Hall–Kier alpha value is -0.830. The highest BCUT2D eigenvalue weighted by Crippen LogP contribution is 2.42. The predicted molar refractivity (Wildman–Crippen MR) is 72.6 cm³/mol. The summed E-state index contributed by atoms with van der Waals surface area (Å²) in [5.74, 6) is 1.11. The zero-order valence-corrected chi connectivity index (χ0v) is 11.5. The van der Waals surface area contributed by atoms with E-state index in [1.807, 2.05) is 7.05 Å². The minimum Gasteiger partial charge on any atom is -0.315 e. The van der Waals surface area contributed by atoms with Gasteiger partial charge in [0.2, 0.25) is 5.91 Å². The zero-order chi connectivity index (χ0) is 12.0. The molecule has 1 saturated carbocycles. The molecule has 1 fully saturated rings. The molecule has 3 heteroatoms. The topological polar surface area (TPSA) is 20.3 Å². The monoisotopic (exact) mass is 293 g/mol. The van der Waals surface area contributed by atoms with E-state index in [-0.39, 0.29) is 5.91 Å². The van der Waals surface area contributed by atoms with Gasteiger partial charge in [-0.3, -0.25) is 4.79 Å². The van der Waals surface area contributed by atoms with Crippen LogP contribution in [0.3, 0.4) is 0 Å². The number of anilines is 1. The van der Waals surface area contributed by atoms with E-state index in [0.29, 0.717) is 11.2 Å². The van der Waals surface area contributed by atoms with Crippen LogP contribution >= 0.6 is 15.9 Å². The maximum Gasteiger partial charge on any atom is 0.231 e. The van der Waals surface area contributed by atoms with Crippen LogP contribution in [-0.2, 0) is 11.2 Å². The van der Waals surface area contributed by atoms with Gasteiger partial charge in [0.1, 0.15) is 0 Å². The van der Waals surface area contributed by atoms with Gasteiger partial charge in [-0.1, -0.05) is 40.9 Å². The first-order chi connectivity index (χ1) is 8.15. The van der Waals surface area contributed by atoms with Crippen LogP contribution in [0.15, 0.2) is 18.2 Å². The molecule has 1 aliphatic heterocycles. The van der Waals surface area contributed by atoms with Gasteiger partial charge in [-0.15, -0.1) is 0 Å². The summed E-state index contributed by atoms with van der Waals surface area (Å²) in [6, 6.07) is 6.42. The van der Waals surface area contributed by atoms with Crippen LogP contribution in [0, 0.1) is 5.92 Å². The molecule has 0 N–H and O–H groups in total. The Labute approximate surface area is 110 Å². The molecule has 1 atom stereocenters. The highest BCUT2D eigenvalue weighted by Gasteiger charge is 2.27. The van der Waals surface area contributed by atoms with Crippen molar-refractivity contribution in [3.05, 3.63) is 29.3 Å². The molecule has 1 aromatic rings. The summed E-state index contributed by atoms with van der Waals surface area (Å²) in [6.07, 6.45) is 4.55. The van der Waals surface area contributed by atoms with Crippen LogP contribution in [0.4, 0.5) is 5.69 Å². The molecule has 0 aromatic heterocycles. The minimum absolute atomic E-state index is 0.200. The maximum absolute atomic E-state index is 11.6. The van der Waals surface area contributed by atoms with Gasteiger partial charge in [-0.25, -0.2) is 0 Å². The van der Waals surface area contributed by atoms with Crippen LogP contribution in [0.5, 0.6) is 0 Å². The normalized spacial score (nSPS) is 20.6. The van der Waals surface area contributed by atoms with Crippen LogP contribution in [-0.4, -0.2) is 13.0 Å². The average Bonchev–Trinajstić information content (AvgIpc) is 3.07. The number of rotatable bonds is 3. The molecule has 90 valence electrons. The summed E-state index contributed by atoms with van der Waals surface area (Å²) in [6.45, 7) is 0. The SMILES string of the molecule is CN1C(=O)Cc2cc(C(Br)CC3CC3)ccc21. The Kier molecular flexibility index (Phi) is 2.74. The first kappa shape index (κ1) is 11.3. The van der Waals surface area contributed by atoms with Crippen molar-refractivity contribution in [3.63, 3.8) is 0 Å². The van der Waals surface area contributed by atoms with Gasteiger partial charge in [0.05, 0.1) is 6.42 Å². The fourth-order valence-corrected chi connectivity index (χ4v) is 3.28. The number of halogens is 1. The van der Waals surface area contributed by atoms with Crippen LogP contribution < -0.4 is 4.90 Å². The number of likely N-dealkylation sites (N-methyl/N-ethyl adjacent to an activating group) is 1. The van der Waals surface area contributed by atoms with Crippen molar-refractivity contribution in [1.29, 1.82) is 0 Å². The van der Waals surface area contributed by atoms with E-state index in [9.17, 15) is 4.79 Å². The van der Waals surface area contributed by atoms with Crippen molar-refractivity contribution in [2.45, 2.75) is 30.5 Å². The van der Waals surface area contributed by atoms with Crippen molar-refractivity contribution < 1.29 is 4.79 Å². The molecule has 2 nitrogen and oxygen atoms in total. The van der Waals surface area contributed by atoms with Crippen molar-refractivity contribution >= 4 is 27.5 Å². The number of nitrogens with zero attached hydrogens (tertiary/aromatic N) is 1. The molecule has 1 aromatic carbocycles. The number of benzene rings is 1. The van der Waals surface area contributed by atoms with Gasteiger partial charge in [-0.2, -0.15) is 0 Å². The van der Waals surface area contributed by atoms with E-state index in [0.717, 1.165) is 11.6 Å². The second kappa shape index (κ2) is 4.13. The first-order valence-electron chi connectivity index (χ1n) is 6.18. The van der Waals surface area contributed by atoms with Gasteiger partial charge in [0.25, 0.3) is 0 Å². The highest BCUT2D eigenvalue weighted by atomic mass is 79.9. The number of carbonyl (C=O) groups is 1. The molecular weight excluding hydrogens is 278 g/mol.